The minimum atomic E-state index is -0.390. The summed E-state index contributed by atoms with van der Waals surface area (Å²) in [4.78, 5) is 16.9. The van der Waals surface area contributed by atoms with Gasteiger partial charge in [0, 0.05) is 16.9 Å². The number of hydrogen-bond donors (Lipinski definition) is 2. The van der Waals surface area contributed by atoms with Crippen LogP contribution < -0.4 is 10.9 Å². The molecule has 0 bridgehead atoms. The van der Waals surface area contributed by atoms with Crippen LogP contribution >= 0.6 is 11.6 Å². The topological polar surface area (TPSA) is 66.6 Å². The van der Waals surface area contributed by atoms with Crippen LogP contribution in [-0.2, 0) is 6.61 Å². The molecule has 3 rings (SSSR count). The zero-order valence-corrected chi connectivity index (χ0v) is 12.6. The van der Waals surface area contributed by atoms with Gasteiger partial charge < -0.3 is 10.4 Å². The van der Waals surface area contributed by atoms with Crippen LogP contribution in [0.4, 0.5) is 11.5 Å². The number of aliphatic hydroxyl groups excluding tert-OH is 1. The Morgan fingerprint density at radius 1 is 1.27 bits per heavy atom. The van der Waals surface area contributed by atoms with E-state index in [0.717, 1.165) is 11.3 Å². The van der Waals surface area contributed by atoms with E-state index >= 15 is 0 Å². The van der Waals surface area contributed by atoms with Crippen molar-refractivity contribution in [1.82, 2.24) is 9.38 Å². The van der Waals surface area contributed by atoms with Crippen molar-refractivity contribution in [2.24, 2.45) is 0 Å². The number of nitrogens with one attached hydrogen (secondary N) is 1. The van der Waals surface area contributed by atoms with Gasteiger partial charge in [-0.3, -0.25) is 9.20 Å². The van der Waals surface area contributed by atoms with Gasteiger partial charge in [-0.25, -0.2) is 4.98 Å². The van der Waals surface area contributed by atoms with E-state index in [-0.39, 0.29) is 11.1 Å². The lowest BCUT2D eigenvalue weighted by atomic mass is 10.2. The Bertz CT molecular complexity index is 888. The van der Waals surface area contributed by atoms with Gasteiger partial charge in [0.1, 0.15) is 11.5 Å². The fourth-order valence-corrected chi connectivity index (χ4v) is 2.32. The maximum absolute atomic E-state index is 12.4. The molecule has 0 aliphatic carbocycles. The van der Waals surface area contributed by atoms with Gasteiger partial charge in [-0.05, 0) is 48.9 Å². The van der Waals surface area contributed by atoms with Crippen LogP contribution in [0.25, 0.3) is 5.65 Å². The molecular weight excluding hydrogens is 302 g/mol. The number of pyridine rings is 1. The van der Waals surface area contributed by atoms with Gasteiger partial charge in [0.2, 0.25) is 0 Å². The molecule has 0 unspecified atom stereocenters. The number of nitrogens with zero attached hydrogens (tertiary/aromatic N) is 2. The van der Waals surface area contributed by atoms with Crippen LogP contribution in [0, 0.1) is 6.92 Å². The fraction of sp³-hybridized carbons (Fsp3) is 0.125. The Morgan fingerprint density at radius 3 is 2.68 bits per heavy atom. The van der Waals surface area contributed by atoms with Gasteiger partial charge >= 0.3 is 0 Å². The molecule has 2 heterocycles. The summed E-state index contributed by atoms with van der Waals surface area (Å²) in [7, 11) is 0. The van der Waals surface area contributed by atoms with Gasteiger partial charge in [0.05, 0.1) is 12.2 Å². The molecule has 5 nitrogen and oxygen atoms in total. The van der Waals surface area contributed by atoms with Crippen molar-refractivity contribution in [3.05, 3.63) is 69.1 Å². The third-order valence-corrected chi connectivity index (χ3v) is 3.60. The van der Waals surface area contributed by atoms with Gasteiger partial charge in [0.15, 0.2) is 0 Å². The maximum atomic E-state index is 12.4. The van der Waals surface area contributed by atoms with E-state index in [1.54, 1.807) is 30.5 Å². The van der Waals surface area contributed by atoms with Crippen molar-refractivity contribution in [2.45, 2.75) is 13.5 Å². The second kappa shape index (κ2) is 5.79. The molecule has 0 radical (unpaired) electrons. The molecule has 1 aromatic carbocycles. The standard InChI is InChI=1S/C16H14ClN3O2/c1-10-6-7-20-14(8-10)19-15(13(9-21)16(20)22)18-12-4-2-11(17)3-5-12/h2-8,18,21H,9H2,1H3. The molecule has 0 aliphatic rings. The largest absolute Gasteiger partial charge is 0.391 e. The SMILES string of the molecule is Cc1ccn2c(=O)c(CO)c(Nc3ccc(Cl)cc3)nc2c1. The summed E-state index contributed by atoms with van der Waals surface area (Å²) >= 11 is 5.86. The van der Waals surface area contributed by atoms with E-state index in [9.17, 15) is 9.90 Å². The summed E-state index contributed by atoms with van der Waals surface area (Å²) in [6.45, 7) is 1.54. The van der Waals surface area contributed by atoms with Crippen LogP contribution in [0.15, 0.2) is 47.4 Å². The highest BCUT2D eigenvalue weighted by molar-refractivity contribution is 6.30. The monoisotopic (exact) mass is 315 g/mol. The predicted molar refractivity (Wildman–Crippen MR) is 86.9 cm³/mol. The molecule has 22 heavy (non-hydrogen) atoms. The van der Waals surface area contributed by atoms with Crippen molar-refractivity contribution in [3.8, 4) is 0 Å². The summed E-state index contributed by atoms with van der Waals surface area (Å²) in [6, 6.07) is 10.7. The molecular formula is C16H14ClN3O2. The van der Waals surface area contributed by atoms with E-state index in [1.807, 2.05) is 19.1 Å². The number of aryl methyl sites for hydroxylation is 1. The minimum absolute atomic E-state index is 0.219. The molecule has 2 aromatic heterocycles. The molecule has 0 fully saturated rings. The summed E-state index contributed by atoms with van der Waals surface area (Å²) in [5.74, 6) is 0.348. The zero-order valence-electron chi connectivity index (χ0n) is 11.9. The third-order valence-electron chi connectivity index (χ3n) is 3.34. The first kappa shape index (κ1) is 14.6. The number of rotatable bonds is 3. The average molecular weight is 316 g/mol. The quantitative estimate of drug-likeness (QED) is 0.780. The van der Waals surface area contributed by atoms with E-state index in [2.05, 4.69) is 10.3 Å². The highest BCUT2D eigenvalue weighted by atomic mass is 35.5. The number of hydrogen-bond acceptors (Lipinski definition) is 4. The summed E-state index contributed by atoms with van der Waals surface area (Å²) in [5, 5.41) is 13.2. The van der Waals surface area contributed by atoms with Crippen LogP contribution in [0.2, 0.25) is 5.02 Å². The molecule has 0 saturated heterocycles. The first-order chi connectivity index (χ1) is 10.6. The predicted octanol–water partition coefficient (Wildman–Crippen LogP) is 2.89. The summed E-state index contributed by atoms with van der Waals surface area (Å²) in [6.07, 6.45) is 1.66. The molecule has 3 aromatic rings. The number of aromatic nitrogens is 2. The first-order valence-corrected chi connectivity index (χ1v) is 7.11. The Hall–Kier alpha value is -2.37. The molecule has 112 valence electrons. The van der Waals surface area contributed by atoms with Gasteiger partial charge in [-0.2, -0.15) is 0 Å². The zero-order chi connectivity index (χ0) is 15.7. The Morgan fingerprint density at radius 2 is 2.00 bits per heavy atom. The lowest BCUT2D eigenvalue weighted by molar-refractivity contribution is 0.280. The molecule has 0 saturated carbocycles. The molecule has 6 heteroatoms. The Labute approximate surface area is 131 Å². The number of benzene rings is 1. The van der Waals surface area contributed by atoms with Crippen LogP contribution in [-0.4, -0.2) is 14.5 Å². The number of halogens is 1. The van der Waals surface area contributed by atoms with Crippen molar-refractivity contribution in [3.63, 3.8) is 0 Å². The normalized spacial score (nSPS) is 10.9. The van der Waals surface area contributed by atoms with Gasteiger partial charge in [-0.15, -0.1) is 0 Å². The molecule has 0 amide bonds. The van der Waals surface area contributed by atoms with E-state index < -0.39 is 6.61 Å². The molecule has 0 spiro atoms. The Balaban J connectivity index is 2.15. The maximum Gasteiger partial charge on any atom is 0.265 e. The van der Waals surface area contributed by atoms with Gasteiger partial charge in [-0.1, -0.05) is 11.6 Å². The van der Waals surface area contributed by atoms with Crippen molar-refractivity contribution in [2.75, 3.05) is 5.32 Å². The lowest BCUT2D eigenvalue weighted by Crippen LogP contribution is -2.21. The van der Waals surface area contributed by atoms with E-state index in [4.69, 9.17) is 11.6 Å². The lowest BCUT2D eigenvalue weighted by Gasteiger charge is -2.11. The van der Waals surface area contributed by atoms with Crippen molar-refractivity contribution in [1.29, 1.82) is 0 Å². The first-order valence-electron chi connectivity index (χ1n) is 6.74. The molecule has 0 aliphatic heterocycles. The highest BCUT2D eigenvalue weighted by Crippen LogP contribution is 2.20. The average Bonchev–Trinajstić information content (AvgIpc) is 2.49. The minimum Gasteiger partial charge on any atom is -0.391 e. The van der Waals surface area contributed by atoms with Crippen LogP contribution in [0.1, 0.15) is 11.1 Å². The third kappa shape index (κ3) is 2.68. The Kier molecular flexibility index (Phi) is 3.83. The van der Waals surface area contributed by atoms with Gasteiger partial charge in [0.25, 0.3) is 5.56 Å². The number of aliphatic hydroxyl groups is 1. The number of anilines is 2. The molecule has 0 atom stereocenters. The van der Waals surface area contributed by atoms with Crippen LogP contribution in [0.3, 0.4) is 0 Å². The smallest absolute Gasteiger partial charge is 0.265 e. The number of fused-ring (bicyclic) bond motifs is 1. The van der Waals surface area contributed by atoms with Crippen LogP contribution in [0.5, 0.6) is 0 Å². The highest BCUT2D eigenvalue weighted by Gasteiger charge is 2.12. The summed E-state index contributed by atoms with van der Waals surface area (Å²) in [5.41, 5.74) is 2.20. The fourth-order valence-electron chi connectivity index (χ4n) is 2.19. The molecule has 2 N–H and O–H groups in total. The van der Waals surface area contributed by atoms with E-state index in [0.29, 0.717) is 16.5 Å². The second-order valence-electron chi connectivity index (χ2n) is 4.97. The van der Waals surface area contributed by atoms with Crippen molar-refractivity contribution >= 4 is 28.8 Å². The van der Waals surface area contributed by atoms with Crippen molar-refractivity contribution < 1.29 is 5.11 Å². The second-order valence-corrected chi connectivity index (χ2v) is 5.40. The van der Waals surface area contributed by atoms with E-state index in [1.165, 1.54) is 4.40 Å². The summed E-state index contributed by atoms with van der Waals surface area (Å²) < 4.78 is 1.42.